The number of benzene rings is 2. The molecule has 0 aliphatic rings. The summed E-state index contributed by atoms with van der Waals surface area (Å²) < 4.78 is 2.15. The van der Waals surface area contributed by atoms with E-state index in [1.54, 1.807) is 0 Å². The van der Waals surface area contributed by atoms with Gasteiger partial charge < -0.3 is 9.88 Å². The monoisotopic (exact) mass is 328 g/mol. The van der Waals surface area contributed by atoms with Gasteiger partial charge in [0.15, 0.2) is 0 Å². The van der Waals surface area contributed by atoms with E-state index in [-0.39, 0.29) is 0 Å². The Morgan fingerprint density at radius 1 is 0.960 bits per heavy atom. The van der Waals surface area contributed by atoms with Gasteiger partial charge in [-0.25, -0.2) is 9.97 Å². The maximum Gasteiger partial charge on any atom is 0.126 e. The number of hydrogen-bond donors (Lipinski definition) is 1. The second-order valence-electron chi connectivity index (χ2n) is 6.17. The summed E-state index contributed by atoms with van der Waals surface area (Å²) in [7, 11) is 0. The first-order valence-electron chi connectivity index (χ1n) is 8.43. The maximum absolute atomic E-state index is 4.66. The smallest absolute Gasteiger partial charge is 0.126 e. The highest BCUT2D eigenvalue weighted by Gasteiger charge is 2.02. The fourth-order valence-corrected chi connectivity index (χ4v) is 2.96. The number of hydrogen-bond acceptors (Lipinski definition) is 3. The molecule has 0 aliphatic carbocycles. The van der Waals surface area contributed by atoms with E-state index in [2.05, 4.69) is 56.3 Å². The minimum Gasteiger partial charge on any atom is -0.366 e. The van der Waals surface area contributed by atoms with Crippen molar-refractivity contribution in [1.82, 2.24) is 14.5 Å². The largest absolute Gasteiger partial charge is 0.366 e. The van der Waals surface area contributed by atoms with Crippen molar-refractivity contribution in [2.75, 3.05) is 5.32 Å². The van der Waals surface area contributed by atoms with Crippen LogP contribution >= 0.6 is 0 Å². The van der Waals surface area contributed by atoms with Crippen LogP contribution in [0.2, 0.25) is 0 Å². The molecule has 0 spiro atoms. The highest BCUT2D eigenvalue weighted by Crippen LogP contribution is 2.16. The summed E-state index contributed by atoms with van der Waals surface area (Å²) in [5, 5.41) is 4.58. The van der Waals surface area contributed by atoms with Crippen molar-refractivity contribution in [1.29, 1.82) is 0 Å². The number of nitrogens with zero attached hydrogens (tertiary/aromatic N) is 3. The van der Waals surface area contributed by atoms with Gasteiger partial charge in [0.2, 0.25) is 0 Å². The predicted molar refractivity (Wildman–Crippen MR) is 102 cm³/mol. The Kier molecular flexibility index (Phi) is 4.17. The van der Waals surface area contributed by atoms with Crippen molar-refractivity contribution in [2.24, 2.45) is 0 Å². The number of para-hydroxylation sites is 1. The summed E-state index contributed by atoms with van der Waals surface area (Å²) >= 11 is 0. The molecule has 124 valence electrons. The topological polar surface area (TPSA) is 42.7 Å². The van der Waals surface area contributed by atoms with Crippen molar-refractivity contribution in [2.45, 2.75) is 20.0 Å². The van der Waals surface area contributed by atoms with Gasteiger partial charge in [-0.15, -0.1) is 0 Å². The van der Waals surface area contributed by atoms with Crippen LogP contribution in [-0.4, -0.2) is 14.5 Å². The lowest BCUT2D eigenvalue weighted by Crippen LogP contribution is -2.04. The van der Waals surface area contributed by atoms with E-state index in [1.165, 1.54) is 11.1 Å². The molecule has 0 radical (unpaired) electrons. The molecule has 2 aromatic heterocycles. The van der Waals surface area contributed by atoms with Crippen molar-refractivity contribution in [3.8, 4) is 0 Å². The van der Waals surface area contributed by atoms with Crippen molar-refractivity contribution >= 4 is 16.7 Å². The molecule has 0 amide bonds. The summed E-state index contributed by atoms with van der Waals surface area (Å²) in [6.45, 7) is 3.62. The van der Waals surface area contributed by atoms with Gasteiger partial charge in [-0.05, 0) is 36.2 Å². The van der Waals surface area contributed by atoms with E-state index < -0.39 is 0 Å². The third-order valence-electron chi connectivity index (χ3n) is 4.34. The minimum atomic E-state index is 0.752. The number of aryl methyl sites for hydroxylation is 1. The van der Waals surface area contributed by atoms with Crippen LogP contribution in [0.25, 0.3) is 10.9 Å². The zero-order valence-electron chi connectivity index (χ0n) is 14.2. The first kappa shape index (κ1) is 15.4. The SMILES string of the molecule is Cc1nccn1Cc1cccc(CNc2ccc3ccccc3n2)c1. The molecule has 0 unspecified atom stereocenters. The predicted octanol–water partition coefficient (Wildman–Crippen LogP) is 4.40. The molecule has 0 saturated heterocycles. The molecule has 25 heavy (non-hydrogen) atoms. The van der Waals surface area contributed by atoms with Crippen LogP contribution in [0.15, 0.2) is 73.1 Å². The number of anilines is 1. The first-order chi connectivity index (χ1) is 12.3. The Bertz CT molecular complexity index is 1000. The standard InChI is InChI=1S/C21H20N4/c1-16-22-11-12-25(16)15-18-6-4-5-17(13-18)14-23-21-10-9-19-7-2-3-8-20(19)24-21/h2-13H,14-15H2,1H3,(H,23,24). The van der Waals surface area contributed by atoms with Gasteiger partial charge >= 0.3 is 0 Å². The average molecular weight is 328 g/mol. The Morgan fingerprint density at radius 3 is 2.72 bits per heavy atom. The molecule has 2 aromatic carbocycles. The molecule has 4 heteroatoms. The third kappa shape index (κ3) is 3.53. The van der Waals surface area contributed by atoms with Crippen molar-refractivity contribution < 1.29 is 0 Å². The van der Waals surface area contributed by atoms with E-state index in [4.69, 9.17) is 0 Å². The van der Waals surface area contributed by atoms with Crippen LogP contribution in [0.3, 0.4) is 0 Å². The van der Waals surface area contributed by atoms with Gasteiger partial charge in [0.25, 0.3) is 0 Å². The average Bonchev–Trinajstić information content (AvgIpc) is 3.05. The summed E-state index contributed by atoms with van der Waals surface area (Å²) in [4.78, 5) is 8.94. The quantitative estimate of drug-likeness (QED) is 0.590. The van der Waals surface area contributed by atoms with Crippen LogP contribution in [0.5, 0.6) is 0 Å². The molecule has 0 atom stereocenters. The van der Waals surface area contributed by atoms with E-state index in [0.717, 1.165) is 35.6 Å². The Labute approximate surface area is 147 Å². The highest BCUT2D eigenvalue weighted by atomic mass is 15.0. The van der Waals surface area contributed by atoms with Crippen LogP contribution in [0, 0.1) is 6.92 Å². The van der Waals surface area contributed by atoms with Gasteiger partial charge in [0.1, 0.15) is 11.6 Å². The first-order valence-corrected chi connectivity index (χ1v) is 8.43. The lowest BCUT2D eigenvalue weighted by atomic mass is 10.1. The number of aromatic nitrogens is 3. The van der Waals surface area contributed by atoms with Crippen LogP contribution in [0.4, 0.5) is 5.82 Å². The van der Waals surface area contributed by atoms with Gasteiger partial charge in [-0.1, -0.05) is 42.5 Å². The van der Waals surface area contributed by atoms with Gasteiger partial charge in [-0.3, -0.25) is 0 Å². The number of imidazole rings is 1. The van der Waals surface area contributed by atoms with Crippen LogP contribution in [-0.2, 0) is 13.1 Å². The molecule has 4 nitrogen and oxygen atoms in total. The normalized spacial score (nSPS) is 10.9. The summed E-state index contributed by atoms with van der Waals surface area (Å²) in [6, 6.07) is 20.9. The number of pyridine rings is 1. The molecule has 0 bridgehead atoms. The number of fused-ring (bicyclic) bond motifs is 1. The lowest BCUT2D eigenvalue weighted by molar-refractivity contribution is 0.760. The Balaban J connectivity index is 1.47. The Morgan fingerprint density at radius 2 is 1.84 bits per heavy atom. The van der Waals surface area contributed by atoms with Gasteiger partial charge in [0, 0.05) is 30.9 Å². The summed E-state index contributed by atoms with van der Waals surface area (Å²) in [6.07, 6.45) is 3.85. The van der Waals surface area contributed by atoms with Crippen LogP contribution in [0.1, 0.15) is 17.0 Å². The minimum absolute atomic E-state index is 0.752. The molecular formula is C21H20N4. The van der Waals surface area contributed by atoms with E-state index in [0.29, 0.717) is 0 Å². The van der Waals surface area contributed by atoms with Gasteiger partial charge in [-0.2, -0.15) is 0 Å². The van der Waals surface area contributed by atoms with Gasteiger partial charge in [0.05, 0.1) is 5.52 Å². The zero-order valence-corrected chi connectivity index (χ0v) is 14.2. The number of nitrogens with one attached hydrogen (secondary N) is 1. The number of rotatable bonds is 5. The molecular weight excluding hydrogens is 308 g/mol. The van der Waals surface area contributed by atoms with Crippen LogP contribution < -0.4 is 5.32 Å². The molecule has 2 heterocycles. The third-order valence-corrected chi connectivity index (χ3v) is 4.34. The molecule has 0 saturated carbocycles. The van der Waals surface area contributed by atoms with E-state index in [9.17, 15) is 0 Å². The maximum atomic E-state index is 4.66. The summed E-state index contributed by atoms with van der Waals surface area (Å²) in [5.74, 6) is 1.93. The highest BCUT2D eigenvalue weighted by molar-refractivity contribution is 5.80. The molecule has 0 aliphatic heterocycles. The van der Waals surface area contributed by atoms with E-state index >= 15 is 0 Å². The second kappa shape index (κ2) is 6.77. The fourth-order valence-electron chi connectivity index (χ4n) is 2.96. The zero-order chi connectivity index (χ0) is 17.1. The summed E-state index contributed by atoms with van der Waals surface area (Å²) in [5.41, 5.74) is 3.52. The Hall–Kier alpha value is -3.14. The molecule has 4 aromatic rings. The lowest BCUT2D eigenvalue weighted by Gasteiger charge is -2.10. The molecule has 4 rings (SSSR count). The molecule has 1 N–H and O–H groups in total. The van der Waals surface area contributed by atoms with Crippen molar-refractivity contribution in [3.05, 3.63) is 90.0 Å². The van der Waals surface area contributed by atoms with Crippen molar-refractivity contribution in [3.63, 3.8) is 0 Å². The fraction of sp³-hybridized carbons (Fsp3) is 0.143. The van der Waals surface area contributed by atoms with E-state index in [1.807, 2.05) is 43.6 Å². The second-order valence-corrected chi connectivity index (χ2v) is 6.17. The molecule has 0 fully saturated rings.